The summed E-state index contributed by atoms with van der Waals surface area (Å²) in [6, 6.07) is 7.73. The van der Waals surface area contributed by atoms with Gasteiger partial charge in [-0.15, -0.1) is 0 Å². The summed E-state index contributed by atoms with van der Waals surface area (Å²) in [7, 11) is 1.48. The fraction of sp³-hybridized carbons (Fsp3) is 0.440. The largest absolute Gasteiger partial charge is 0.496 e. The summed E-state index contributed by atoms with van der Waals surface area (Å²) in [6.07, 6.45) is 3.06. The SMILES string of the molecule is COc1ccccc1C(=O)NCC(=O)N1[C@@H]2CC[C@H]1C[C@@H]([C@H](N)Cc1cc(F)c(F)cc1F)C2. The van der Waals surface area contributed by atoms with Crippen molar-refractivity contribution in [2.75, 3.05) is 13.7 Å². The molecule has 2 amide bonds. The van der Waals surface area contributed by atoms with E-state index in [2.05, 4.69) is 5.32 Å². The minimum absolute atomic E-state index is 0.0136. The van der Waals surface area contributed by atoms with Gasteiger partial charge in [0.2, 0.25) is 5.91 Å². The standard InChI is InChI=1S/C25H28F3N3O3/c1-34-23-5-3-2-4-18(23)25(33)30-13-24(32)31-16-6-7-17(31)9-15(8-16)22(29)11-14-10-20(27)21(28)12-19(14)26/h2-5,10,12,15-17,22H,6-9,11,13,29H2,1H3,(H,30,33)/t15-,16+,17-,22-/m1/s1. The summed E-state index contributed by atoms with van der Waals surface area (Å²) in [5, 5.41) is 2.68. The third-order valence-corrected chi connectivity index (χ3v) is 6.96. The predicted octanol–water partition coefficient (Wildman–Crippen LogP) is 3.18. The lowest BCUT2D eigenvalue weighted by Crippen LogP contribution is -2.52. The molecule has 0 aromatic heterocycles. The van der Waals surface area contributed by atoms with E-state index < -0.39 is 23.5 Å². The molecule has 0 unspecified atom stereocenters. The van der Waals surface area contributed by atoms with Gasteiger partial charge in [-0.2, -0.15) is 0 Å². The van der Waals surface area contributed by atoms with Crippen LogP contribution in [0.4, 0.5) is 13.2 Å². The Kier molecular flexibility index (Phi) is 7.11. The Bertz CT molecular complexity index is 1070. The molecule has 2 heterocycles. The molecule has 0 radical (unpaired) electrons. The van der Waals surface area contributed by atoms with Crippen molar-refractivity contribution < 1.29 is 27.5 Å². The summed E-state index contributed by atoms with van der Waals surface area (Å²) in [4.78, 5) is 27.3. The number of ether oxygens (including phenoxy) is 1. The predicted molar refractivity (Wildman–Crippen MR) is 120 cm³/mol. The number of hydrogen-bond acceptors (Lipinski definition) is 4. The van der Waals surface area contributed by atoms with Crippen molar-refractivity contribution in [3.63, 3.8) is 0 Å². The number of nitrogens with one attached hydrogen (secondary N) is 1. The van der Waals surface area contributed by atoms with E-state index in [1.54, 1.807) is 24.3 Å². The van der Waals surface area contributed by atoms with Crippen LogP contribution in [0.1, 0.15) is 41.6 Å². The average molecular weight is 476 g/mol. The normalized spacial score (nSPS) is 22.4. The summed E-state index contributed by atoms with van der Waals surface area (Å²) in [6.45, 7) is -0.124. The van der Waals surface area contributed by atoms with E-state index in [4.69, 9.17) is 10.5 Å². The molecule has 2 fully saturated rings. The zero-order chi connectivity index (χ0) is 24.4. The van der Waals surface area contributed by atoms with Gasteiger partial charge in [-0.05, 0) is 61.8 Å². The number of benzene rings is 2. The quantitative estimate of drug-likeness (QED) is 0.603. The second-order valence-electron chi connectivity index (χ2n) is 9.03. The molecule has 0 saturated carbocycles. The Morgan fingerprint density at radius 3 is 2.41 bits per heavy atom. The highest BCUT2D eigenvalue weighted by Crippen LogP contribution is 2.40. The molecule has 4 rings (SSSR count). The van der Waals surface area contributed by atoms with Crippen molar-refractivity contribution in [2.45, 2.75) is 50.2 Å². The van der Waals surface area contributed by atoms with Crippen molar-refractivity contribution in [3.05, 3.63) is 65.0 Å². The number of amides is 2. The van der Waals surface area contributed by atoms with Gasteiger partial charge in [-0.25, -0.2) is 13.2 Å². The molecular weight excluding hydrogens is 447 g/mol. The summed E-state index contributed by atoms with van der Waals surface area (Å²) < 4.78 is 46.0. The molecule has 3 N–H and O–H groups in total. The van der Waals surface area contributed by atoms with Gasteiger partial charge in [0.15, 0.2) is 11.6 Å². The van der Waals surface area contributed by atoms with Crippen molar-refractivity contribution in [1.29, 1.82) is 0 Å². The number of piperidine rings is 1. The van der Waals surface area contributed by atoms with Crippen LogP contribution in [0, 0.1) is 23.4 Å². The van der Waals surface area contributed by atoms with E-state index in [1.807, 2.05) is 4.90 Å². The lowest BCUT2D eigenvalue weighted by molar-refractivity contribution is -0.135. The lowest BCUT2D eigenvalue weighted by atomic mass is 9.82. The molecule has 2 saturated heterocycles. The van der Waals surface area contributed by atoms with Crippen LogP contribution >= 0.6 is 0 Å². The van der Waals surface area contributed by atoms with Crippen LogP contribution in [0.25, 0.3) is 0 Å². The van der Waals surface area contributed by atoms with Gasteiger partial charge in [0.05, 0.1) is 19.2 Å². The number of methoxy groups -OCH3 is 1. The minimum atomic E-state index is -1.22. The first kappa shape index (κ1) is 24.1. The molecule has 2 bridgehead atoms. The fourth-order valence-electron chi connectivity index (χ4n) is 5.29. The van der Waals surface area contributed by atoms with Crippen LogP contribution < -0.4 is 15.8 Å². The molecule has 182 valence electrons. The van der Waals surface area contributed by atoms with Crippen molar-refractivity contribution >= 4 is 11.8 Å². The van der Waals surface area contributed by atoms with Gasteiger partial charge in [0, 0.05) is 24.2 Å². The second-order valence-corrected chi connectivity index (χ2v) is 9.03. The van der Waals surface area contributed by atoms with Crippen LogP contribution in [-0.2, 0) is 11.2 Å². The third-order valence-electron chi connectivity index (χ3n) is 6.96. The maximum atomic E-state index is 14.1. The maximum Gasteiger partial charge on any atom is 0.255 e. The Hall–Kier alpha value is -3.07. The Balaban J connectivity index is 1.35. The third kappa shape index (κ3) is 4.89. The highest BCUT2D eigenvalue weighted by atomic mass is 19.2. The molecular formula is C25H28F3N3O3. The van der Waals surface area contributed by atoms with Gasteiger partial charge in [-0.1, -0.05) is 12.1 Å². The van der Waals surface area contributed by atoms with Crippen LogP contribution in [0.5, 0.6) is 5.75 Å². The molecule has 2 aromatic carbocycles. The molecule has 2 aromatic rings. The molecule has 0 spiro atoms. The minimum Gasteiger partial charge on any atom is -0.496 e. The number of halogens is 3. The Morgan fingerprint density at radius 1 is 1.09 bits per heavy atom. The molecule has 4 atom stereocenters. The maximum absolute atomic E-state index is 14.1. The molecule has 6 nitrogen and oxygen atoms in total. The highest BCUT2D eigenvalue weighted by molar-refractivity contribution is 5.98. The first-order chi connectivity index (χ1) is 16.3. The number of hydrogen-bond donors (Lipinski definition) is 2. The number of carbonyl (C=O) groups excluding carboxylic acids is 2. The zero-order valence-corrected chi connectivity index (χ0v) is 18.9. The van der Waals surface area contributed by atoms with Gasteiger partial charge in [0.1, 0.15) is 11.6 Å². The number of nitrogens with zero attached hydrogens (tertiary/aromatic N) is 1. The molecule has 9 heteroatoms. The van der Waals surface area contributed by atoms with Gasteiger partial charge < -0.3 is 20.7 Å². The highest BCUT2D eigenvalue weighted by Gasteiger charge is 2.44. The van der Waals surface area contributed by atoms with E-state index >= 15 is 0 Å². The van der Waals surface area contributed by atoms with E-state index in [1.165, 1.54) is 7.11 Å². The number of rotatable bonds is 7. The Labute approximate surface area is 196 Å². The summed E-state index contributed by atoms with van der Waals surface area (Å²) >= 11 is 0. The van der Waals surface area contributed by atoms with Crippen LogP contribution in [0.2, 0.25) is 0 Å². The van der Waals surface area contributed by atoms with Crippen molar-refractivity contribution in [3.8, 4) is 5.75 Å². The summed E-state index contributed by atoms with van der Waals surface area (Å²) in [5.74, 6) is -3.22. The van der Waals surface area contributed by atoms with E-state index in [0.29, 0.717) is 30.2 Å². The first-order valence-corrected chi connectivity index (χ1v) is 11.4. The molecule has 34 heavy (non-hydrogen) atoms. The second kappa shape index (κ2) is 10.0. The van der Waals surface area contributed by atoms with Gasteiger partial charge in [0.25, 0.3) is 5.91 Å². The lowest BCUT2D eigenvalue weighted by Gasteiger charge is -2.41. The number of nitrogens with two attached hydrogens (primary N) is 1. The average Bonchev–Trinajstić information content (AvgIpc) is 3.09. The molecule has 0 aliphatic carbocycles. The molecule has 2 aliphatic heterocycles. The van der Waals surface area contributed by atoms with Crippen LogP contribution in [0.15, 0.2) is 36.4 Å². The summed E-state index contributed by atoms with van der Waals surface area (Å²) in [5.41, 5.74) is 6.75. The van der Waals surface area contributed by atoms with Crippen LogP contribution in [-0.4, -0.2) is 48.5 Å². The van der Waals surface area contributed by atoms with E-state index in [9.17, 15) is 22.8 Å². The smallest absolute Gasteiger partial charge is 0.255 e. The first-order valence-electron chi connectivity index (χ1n) is 11.4. The van der Waals surface area contributed by atoms with Crippen molar-refractivity contribution in [2.24, 2.45) is 11.7 Å². The fourth-order valence-corrected chi connectivity index (χ4v) is 5.29. The van der Waals surface area contributed by atoms with Gasteiger partial charge in [-0.3, -0.25) is 9.59 Å². The number of carbonyl (C=O) groups is 2. The number of para-hydroxylation sites is 1. The topological polar surface area (TPSA) is 84.7 Å². The van der Waals surface area contributed by atoms with Crippen LogP contribution in [0.3, 0.4) is 0 Å². The van der Waals surface area contributed by atoms with E-state index in [-0.39, 0.29) is 48.3 Å². The molecule has 2 aliphatic rings. The Morgan fingerprint density at radius 2 is 1.74 bits per heavy atom. The zero-order valence-electron chi connectivity index (χ0n) is 18.9. The van der Waals surface area contributed by atoms with Gasteiger partial charge >= 0.3 is 0 Å². The monoisotopic (exact) mass is 475 g/mol. The van der Waals surface area contributed by atoms with E-state index in [0.717, 1.165) is 18.9 Å². The number of fused-ring (bicyclic) bond motifs is 2. The van der Waals surface area contributed by atoms with Crippen molar-refractivity contribution in [1.82, 2.24) is 10.2 Å².